The van der Waals surface area contributed by atoms with E-state index in [1.807, 2.05) is 4.57 Å². The summed E-state index contributed by atoms with van der Waals surface area (Å²) in [4.78, 5) is 33.6. The topological polar surface area (TPSA) is 123 Å². The Morgan fingerprint density at radius 1 is 1.00 bits per heavy atom. The van der Waals surface area contributed by atoms with Gasteiger partial charge in [-0.25, -0.2) is 18.2 Å². The van der Waals surface area contributed by atoms with Gasteiger partial charge in [-0.3, -0.25) is 18.8 Å². The van der Waals surface area contributed by atoms with E-state index in [9.17, 15) is 23.1 Å². The highest BCUT2D eigenvalue weighted by Crippen LogP contribution is 2.17. The Kier molecular flexibility index (Phi) is 8.54. The van der Waals surface area contributed by atoms with Crippen LogP contribution in [0.15, 0.2) is 45.1 Å². The normalized spacial score (nSPS) is 16.4. The summed E-state index contributed by atoms with van der Waals surface area (Å²) in [6, 6.07) is 6.07. The van der Waals surface area contributed by atoms with E-state index in [2.05, 4.69) is 14.8 Å². The van der Waals surface area contributed by atoms with Gasteiger partial charge in [0, 0.05) is 58.4 Å². The highest BCUT2D eigenvalue weighted by molar-refractivity contribution is 7.91. The first-order valence-electron chi connectivity index (χ1n) is 12.3. The third kappa shape index (κ3) is 6.32. The van der Waals surface area contributed by atoms with E-state index in [1.165, 1.54) is 23.7 Å². The zero-order chi connectivity index (χ0) is 26.7. The van der Waals surface area contributed by atoms with E-state index in [4.69, 9.17) is 11.6 Å². The summed E-state index contributed by atoms with van der Waals surface area (Å²) in [5.74, 6) is -0.115. The van der Waals surface area contributed by atoms with Crippen LogP contribution in [-0.2, 0) is 30.5 Å². The molecule has 3 aromatic rings. The van der Waals surface area contributed by atoms with Crippen LogP contribution in [0, 0.1) is 0 Å². The fraction of sp³-hybridized carbons (Fsp3) is 0.542. The first-order chi connectivity index (χ1) is 17.6. The van der Waals surface area contributed by atoms with Gasteiger partial charge in [0.25, 0.3) is 5.56 Å². The van der Waals surface area contributed by atoms with E-state index in [0.29, 0.717) is 29.3 Å². The van der Waals surface area contributed by atoms with Crippen molar-refractivity contribution in [2.45, 2.75) is 30.4 Å². The van der Waals surface area contributed by atoms with Crippen LogP contribution < -0.4 is 11.2 Å². The number of aromatic nitrogens is 4. The van der Waals surface area contributed by atoms with Gasteiger partial charge in [0.1, 0.15) is 0 Å². The van der Waals surface area contributed by atoms with Crippen molar-refractivity contribution in [1.29, 1.82) is 0 Å². The molecule has 0 spiro atoms. The minimum absolute atomic E-state index is 0.115. The Morgan fingerprint density at radius 2 is 1.65 bits per heavy atom. The number of piperazine rings is 1. The van der Waals surface area contributed by atoms with E-state index in [1.54, 1.807) is 25.5 Å². The smallest absolute Gasteiger partial charge is 0.332 e. The molecular weight excluding hydrogens is 520 g/mol. The Morgan fingerprint density at radius 3 is 2.32 bits per heavy atom. The Balaban J connectivity index is 1.21. The van der Waals surface area contributed by atoms with Crippen LogP contribution in [0.5, 0.6) is 0 Å². The number of β-amino-alcohol motifs (C(OH)–C–C–N with tert-alkyl or cyclic N) is 1. The maximum absolute atomic E-state index is 12.6. The molecule has 1 aromatic carbocycles. The number of halogens is 1. The number of aliphatic hydroxyl groups excluding tert-OH is 1. The van der Waals surface area contributed by atoms with Gasteiger partial charge in [0.05, 0.1) is 23.1 Å². The minimum Gasteiger partial charge on any atom is -0.392 e. The molecule has 0 bridgehead atoms. The van der Waals surface area contributed by atoms with Gasteiger partial charge < -0.3 is 14.6 Å². The van der Waals surface area contributed by atoms with Crippen molar-refractivity contribution in [3.63, 3.8) is 0 Å². The fourth-order valence-corrected chi connectivity index (χ4v) is 6.16. The van der Waals surface area contributed by atoms with Crippen LogP contribution in [0.25, 0.3) is 11.2 Å². The molecule has 13 heteroatoms. The van der Waals surface area contributed by atoms with Crippen LogP contribution in [0.3, 0.4) is 0 Å². The number of rotatable bonds is 10. The molecule has 202 valence electrons. The van der Waals surface area contributed by atoms with Crippen molar-refractivity contribution in [3.05, 3.63) is 56.5 Å². The Labute approximate surface area is 220 Å². The molecule has 0 amide bonds. The van der Waals surface area contributed by atoms with Crippen LogP contribution in [-0.4, -0.2) is 93.1 Å². The summed E-state index contributed by atoms with van der Waals surface area (Å²) in [5.41, 5.74) is 0.0837. The fourth-order valence-electron chi connectivity index (χ4n) is 4.67. The lowest BCUT2D eigenvalue weighted by Gasteiger charge is -2.35. The predicted octanol–water partition coefficient (Wildman–Crippen LogP) is 0.320. The molecule has 0 saturated carbocycles. The molecular formula is C24H33ClN6O5S. The molecule has 1 atom stereocenters. The van der Waals surface area contributed by atoms with Crippen molar-refractivity contribution in [3.8, 4) is 0 Å². The zero-order valence-electron chi connectivity index (χ0n) is 21.1. The number of hydrogen-bond acceptors (Lipinski definition) is 8. The van der Waals surface area contributed by atoms with Gasteiger partial charge in [-0.2, -0.15) is 0 Å². The van der Waals surface area contributed by atoms with Crippen molar-refractivity contribution >= 4 is 32.6 Å². The average molecular weight is 553 g/mol. The number of hydrogen-bond donors (Lipinski definition) is 1. The lowest BCUT2D eigenvalue weighted by molar-refractivity contribution is 0.0707. The zero-order valence-corrected chi connectivity index (χ0v) is 22.7. The minimum atomic E-state index is -3.46. The highest BCUT2D eigenvalue weighted by Gasteiger charge is 2.22. The van der Waals surface area contributed by atoms with Gasteiger partial charge in [-0.1, -0.05) is 11.6 Å². The number of nitrogens with zero attached hydrogens (tertiary/aromatic N) is 6. The van der Waals surface area contributed by atoms with Crippen molar-refractivity contribution < 1.29 is 13.5 Å². The van der Waals surface area contributed by atoms with Gasteiger partial charge >= 0.3 is 5.69 Å². The monoisotopic (exact) mass is 552 g/mol. The molecule has 0 aliphatic carbocycles. The molecule has 2 aromatic heterocycles. The lowest BCUT2D eigenvalue weighted by Crippen LogP contribution is -2.48. The maximum atomic E-state index is 12.6. The Bertz CT molecular complexity index is 1460. The van der Waals surface area contributed by atoms with Gasteiger partial charge in [0.15, 0.2) is 21.0 Å². The molecule has 1 N–H and O–H groups in total. The SMILES string of the molecule is Cn1c(=O)c2c(ncn2CCCN2CCN(CC(O)CCS(=O)(=O)c3ccc(Cl)cc3)CC2)n(C)c1=O. The van der Waals surface area contributed by atoms with Gasteiger partial charge in [-0.05, 0) is 43.7 Å². The second kappa shape index (κ2) is 11.5. The summed E-state index contributed by atoms with van der Waals surface area (Å²) < 4.78 is 29.3. The molecule has 37 heavy (non-hydrogen) atoms. The van der Waals surface area contributed by atoms with E-state index >= 15 is 0 Å². The number of imidazole rings is 1. The van der Waals surface area contributed by atoms with E-state index < -0.39 is 21.6 Å². The quantitative estimate of drug-likeness (QED) is 0.381. The van der Waals surface area contributed by atoms with E-state index in [0.717, 1.165) is 43.7 Å². The maximum Gasteiger partial charge on any atom is 0.332 e. The number of benzene rings is 1. The summed E-state index contributed by atoms with van der Waals surface area (Å²) in [5, 5.41) is 10.9. The third-order valence-corrected chi connectivity index (χ3v) is 8.93. The molecule has 1 unspecified atom stereocenters. The number of aliphatic hydroxyl groups is 1. The van der Waals surface area contributed by atoms with Crippen LogP contribution >= 0.6 is 11.6 Å². The Hall–Kier alpha value is -2.51. The third-order valence-electron chi connectivity index (χ3n) is 6.92. The molecule has 4 rings (SSSR count). The van der Waals surface area contributed by atoms with Crippen molar-refractivity contribution in [1.82, 2.24) is 28.5 Å². The second-order valence-corrected chi connectivity index (χ2v) is 12.1. The van der Waals surface area contributed by atoms with Crippen LogP contribution in [0.1, 0.15) is 12.8 Å². The summed E-state index contributed by atoms with van der Waals surface area (Å²) >= 11 is 5.83. The van der Waals surface area contributed by atoms with Crippen molar-refractivity contribution in [2.75, 3.05) is 45.0 Å². The van der Waals surface area contributed by atoms with Crippen LogP contribution in [0.2, 0.25) is 5.02 Å². The summed E-state index contributed by atoms with van der Waals surface area (Å²) in [7, 11) is -0.387. The first-order valence-corrected chi connectivity index (χ1v) is 14.3. The van der Waals surface area contributed by atoms with Gasteiger partial charge in [-0.15, -0.1) is 0 Å². The molecule has 1 fully saturated rings. The number of fused-ring (bicyclic) bond motifs is 1. The molecule has 1 aliphatic heterocycles. The number of aryl methyl sites for hydroxylation is 2. The standard InChI is InChI=1S/C24H33ClN6O5S/c1-27-22-21(23(33)28(2)24(27)34)31(17-26-22)10-3-9-29-11-13-30(14-12-29)16-19(32)8-15-37(35,36)20-6-4-18(25)5-7-20/h4-7,17,19,32H,3,8-16H2,1-2H3. The van der Waals surface area contributed by atoms with Crippen LogP contribution in [0.4, 0.5) is 0 Å². The molecule has 11 nitrogen and oxygen atoms in total. The van der Waals surface area contributed by atoms with E-state index in [-0.39, 0.29) is 22.6 Å². The first kappa shape index (κ1) is 27.5. The average Bonchev–Trinajstić information content (AvgIpc) is 3.30. The largest absolute Gasteiger partial charge is 0.392 e. The van der Waals surface area contributed by atoms with Gasteiger partial charge in [0.2, 0.25) is 0 Å². The molecule has 3 heterocycles. The predicted molar refractivity (Wildman–Crippen MR) is 142 cm³/mol. The molecule has 1 saturated heterocycles. The highest BCUT2D eigenvalue weighted by atomic mass is 35.5. The summed E-state index contributed by atoms with van der Waals surface area (Å²) in [6.45, 7) is 5.17. The molecule has 1 aliphatic rings. The second-order valence-electron chi connectivity index (χ2n) is 9.53. The molecule has 0 radical (unpaired) electrons. The number of sulfone groups is 1. The lowest BCUT2D eigenvalue weighted by atomic mass is 10.2. The van der Waals surface area contributed by atoms with Crippen molar-refractivity contribution in [2.24, 2.45) is 14.1 Å². The summed E-state index contributed by atoms with van der Waals surface area (Å²) in [6.07, 6.45) is 1.89.